The van der Waals surface area contributed by atoms with Crippen LogP contribution >= 0.6 is 0 Å². The average molecular weight is 730 g/mol. The number of hydrogen-bond donors (Lipinski definition) is 4. The number of imide groups is 1. The summed E-state index contributed by atoms with van der Waals surface area (Å²) >= 11 is 0. The number of carbonyl (C=O) groups is 6. The molecule has 0 heterocycles. The van der Waals surface area contributed by atoms with Crippen molar-refractivity contribution in [1.82, 2.24) is 15.5 Å². The molecule has 0 bridgehead atoms. The van der Waals surface area contributed by atoms with Gasteiger partial charge in [-0.05, 0) is 49.9 Å². The van der Waals surface area contributed by atoms with Gasteiger partial charge in [-0.1, -0.05) is 86.6 Å². The molecule has 14 heteroatoms. The Bertz CT molecular complexity index is 1730. The Morgan fingerprint density at radius 3 is 1.81 bits per heavy atom. The first-order valence-electron chi connectivity index (χ1n) is 17.2. The molecule has 0 fully saturated rings. The Morgan fingerprint density at radius 2 is 1.28 bits per heavy atom. The fraction of sp³-hybridized carbons (Fsp3) is 0.359. The van der Waals surface area contributed by atoms with Crippen LogP contribution in [0.1, 0.15) is 68.1 Å². The van der Waals surface area contributed by atoms with E-state index in [2.05, 4.69) is 10.6 Å². The van der Waals surface area contributed by atoms with Crippen LogP contribution in [0.4, 0.5) is 9.59 Å². The van der Waals surface area contributed by atoms with Crippen LogP contribution in [0.2, 0.25) is 0 Å². The Hall–Kier alpha value is -5.89. The minimum absolute atomic E-state index is 0.0327. The molecule has 3 atom stereocenters. The third-order valence-corrected chi connectivity index (χ3v) is 8.03. The van der Waals surface area contributed by atoms with Gasteiger partial charge in [0.05, 0.1) is 12.1 Å². The molecule has 0 aromatic heterocycles. The zero-order chi connectivity index (χ0) is 39.1. The number of ketones is 1. The SMILES string of the molecule is CC(C)OC(=O)[C@@H](N)C(C(=O)[C@H](C)N(C(=O)CCNC(=O)c1ccc(C(=N)NC(=O)OCc2ccccc2)cc1)C(=O)OCc1ccccc1)C(C)C. The van der Waals surface area contributed by atoms with Crippen molar-refractivity contribution in [2.75, 3.05) is 6.54 Å². The van der Waals surface area contributed by atoms with Crippen LogP contribution in [0.3, 0.4) is 0 Å². The summed E-state index contributed by atoms with van der Waals surface area (Å²) in [5.74, 6) is -4.55. The molecule has 4 amide bonds. The van der Waals surface area contributed by atoms with Crippen molar-refractivity contribution in [1.29, 1.82) is 5.41 Å². The van der Waals surface area contributed by atoms with E-state index in [4.69, 9.17) is 25.4 Å². The second-order valence-corrected chi connectivity index (χ2v) is 12.8. The van der Waals surface area contributed by atoms with Crippen LogP contribution in [-0.2, 0) is 41.8 Å². The van der Waals surface area contributed by atoms with Gasteiger partial charge in [0.25, 0.3) is 5.91 Å². The molecule has 3 rings (SSSR count). The Kier molecular flexibility index (Phi) is 15.8. The van der Waals surface area contributed by atoms with Crippen LogP contribution in [0.25, 0.3) is 0 Å². The molecule has 0 radical (unpaired) electrons. The molecular weight excluding hydrogens is 682 g/mol. The maximum atomic E-state index is 13.8. The van der Waals surface area contributed by atoms with E-state index in [1.807, 2.05) is 18.2 Å². The molecule has 0 spiro atoms. The molecule has 5 N–H and O–H groups in total. The van der Waals surface area contributed by atoms with E-state index in [0.29, 0.717) is 16.0 Å². The molecule has 14 nitrogen and oxygen atoms in total. The molecular formula is C39H47N5O9. The quantitative estimate of drug-likeness (QED) is 0.0690. The predicted molar refractivity (Wildman–Crippen MR) is 195 cm³/mol. The Labute approximate surface area is 308 Å². The Morgan fingerprint density at radius 1 is 0.755 bits per heavy atom. The number of nitrogens with zero attached hydrogens (tertiary/aromatic N) is 1. The fourth-order valence-corrected chi connectivity index (χ4v) is 5.28. The van der Waals surface area contributed by atoms with Gasteiger partial charge < -0.3 is 25.3 Å². The van der Waals surface area contributed by atoms with Crippen LogP contribution in [0.15, 0.2) is 84.9 Å². The summed E-state index contributed by atoms with van der Waals surface area (Å²) in [5, 5.41) is 13.1. The van der Waals surface area contributed by atoms with E-state index in [0.717, 1.165) is 5.56 Å². The summed E-state index contributed by atoms with van der Waals surface area (Å²) in [5.41, 5.74) is 8.14. The number of amidine groups is 1. The van der Waals surface area contributed by atoms with Crippen LogP contribution in [-0.4, -0.2) is 71.2 Å². The zero-order valence-corrected chi connectivity index (χ0v) is 30.5. The van der Waals surface area contributed by atoms with Crippen molar-refractivity contribution in [3.05, 3.63) is 107 Å². The molecule has 0 aliphatic carbocycles. The first-order valence-corrected chi connectivity index (χ1v) is 17.2. The molecule has 0 aliphatic rings. The zero-order valence-electron chi connectivity index (χ0n) is 30.5. The summed E-state index contributed by atoms with van der Waals surface area (Å²) in [6.45, 7) is 7.69. The van der Waals surface area contributed by atoms with Crippen molar-refractivity contribution in [2.45, 2.75) is 72.4 Å². The van der Waals surface area contributed by atoms with Crippen molar-refractivity contribution >= 4 is 41.6 Å². The standard InChI is InChI=1S/C39H47N5O9/c1-24(2)32(33(40)37(48)53-25(3)4)34(46)26(5)44(39(50)52-23-28-14-10-7-11-15-28)31(45)20-21-42-36(47)30-18-16-29(17-19-30)35(41)43-38(49)51-22-27-12-8-6-9-13-27/h6-19,24-26,32-33H,20-23,40H2,1-5H3,(H,42,47)(H2,41,43,49)/t26-,32?,33-/m0/s1. The van der Waals surface area contributed by atoms with Gasteiger partial charge in [-0.2, -0.15) is 0 Å². The molecule has 0 saturated carbocycles. The van der Waals surface area contributed by atoms with Gasteiger partial charge in [-0.15, -0.1) is 0 Å². The van der Waals surface area contributed by atoms with Crippen LogP contribution in [0.5, 0.6) is 0 Å². The van der Waals surface area contributed by atoms with E-state index in [9.17, 15) is 28.8 Å². The number of nitrogens with two attached hydrogens (primary N) is 1. The lowest BCUT2D eigenvalue weighted by atomic mass is 9.82. The van der Waals surface area contributed by atoms with E-state index < -0.39 is 65.8 Å². The number of esters is 1. The predicted octanol–water partition coefficient (Wildman–Crippen LogP) is 4.73. The van der Waals surface area contributed by atoms with Crippen molar-refractivity contribution < 1.29 is 43.0 Å². The molecule has 1 unspecified atom stereocenters. The topological polar surface area (TPSA) is 207 Å². The molecule has 3 aromatic carbocycles. The average Bonchev–Trinajstić information content (AvgIpc) is 3.13. The molecule has 282 valence electrons. The number of nitrogens with one attached hydrogen (secondary N) is 3. The summed E-state index contributed by atoms with van der Waals surface area (Å²) in [4.78, 5) is 79.2. The Balaban J connectivity index is 1.65. The number of ether oxygens (including phenoxy) is 3. The van der Waals surface area contributed by atoms with Crippen LogP contribution < -0.4 is 16.4 Å². The lowest BCUT2D eigenvalue weighted by Gasteiger charge is -2.32. The highest BCUT2D eigenvalue weighted by atomic mass is 16.6. The van der Waals surface area contributed by atoms with Gasteiger partial charge in [-0.25, -0.2) is 14.5 Å². The number of carbonyl (C=O) groups excluding carboxylic acids is 6. The van der Waals surface area contributed by atoms with Crippen molar-refractivity contribution in [3.8, 4) is 0 Å². The third kappa shape index (κ3) is 12.7. The summed E-state index contributed by atoms with van der Waals surface area (Å²) in [7, 11) is 0. The van der Waals surface area contributed by atoms with E-state index in [1.165, 1.54) is 31.2 Å². The van der Waals surface area contributed by atoms with Crippen molar-refractivity contribution in [3.63, 3.8) is 0 Å². The van der Waals surface area contributed by atoms with E-state index >= 15 is 0 Å². The van der Waals surface area contributed by atoms with Gasteiger partial charge in [-0.3, -0.25) is 29.9 Å². The number of rotatable bonds is 16. The van der Waals surface area contributed by atoms with Crippen molar-refractivity contribution in [2.24, 2.45) is 17.6 Å². The molecule has 0 aliphatic heterocycles. The van der Waals surface area contributed by atoms with E-state index in [1.54, 1.807) is 70.2 Å². The van der Waals surface area contributed by atoms with Gasteiger partial charge in [0.1, 0.15) is 25.1 Å². The van der Waals surface area contributed by atoms with Gasteiger partial charge in [0.15, 0.2) is 5.78 Å². The number of benzene rings is 3. The highest BCUT2D eigenvalue weighted by molar-refractivity contribution is 6.05. The highest BCUT2D eigenvalue weighted by Crippen LogP contribution is 2.22. The first kappa shape index (κ1) is 41.5. The largest absolute Gasteiger partial charge is 0.462 e. The monoisotopic (exact) mass is 729 g/mol. The second kappa shape index (κ2) is 20.2. The van der Waals surface area contributed by atoms with Gasteiger partial charge in [0.2, 0.25) is 5.91 Å². The first-order chi connectivity index (χ1) is 25.2. The number of hydrogen-bond acceptors (Lipinski definition) is 11. The third-order valence-electron chi connectivity index (χ3n) is 8.03. The number of amides is 4. The maximum Gasteiger partial charge on any atom is 0.417 e. The smallest absolute Gasteiger partial charge is 0.417 e. The number of alkyl carbamates (subject to hydrolysis) is 1. The molecule has 0 saturated heterocycles. The lowest BCUT2D eigenvalue weighted by molar-refractivity contribution is -0.153. The fourth-order valence-electron chi connectivity index (χ4n) is 5.28. The van der Waals surface area contributed by atoms with Gasteiger partial charge >= 0.3 is 18.2 Å². The molecule has 3 aromatic rings. The van der Waals surface area contributed by atoms with E-state index in [-0.39, 0.29) is 37.6 Å². The maximum absolute atomic E-state index is 13.8. The minimum Gasteiger partial charge on any atom is -0.462 e. The minimum atomic E-state index is -1.38. The molecule has 53 heavy (non-hydrogen) atoms. The normalized spacial score (nSPS) is 12.5. The van der Waals surface area contributed by atoms with Crippen LogP contribution in [0, 0.1) is 17.2 Å². The number of Topliss-reactive ketones (excluding diaryl/α,β-unsaturated/α-hetero) is 1. The summed E-state index contributed by atoms with van der Waals surface area (Å²) < 4.78 is 15.8. The summed E-state index contributed by atoms with van der Waals surface area (Å²) in [6, 6.07) is 20.9. The van der Waals surface area contributed by atoms with Gasteiger partial charge in [0, 0.05) is 30.0 Å². The second-order valence-electron chi connectivity index (χ2n) is 12.8. The lowest BCUT2D eigenvalue weighted by Crippen LogP contribution is -2.54. The highest BCUT2D eigenvalue weighted by Gasteiger charge is 2.41. The summed E-state index contributed by atoms with van der Waals surface area (Å²) in [6.07, 6.45) is -2.74.